The summed E-state index contributed by atoms with van der Waals surface area (Å²) in [5, 5.41) is 0. The summed E-state index contributed by atoms with van der Waals surface area (Å²) >= 11 is 0. The number of hydrogen-bond acceptors (Lipinski definition) is 4. The molecular formula is C27H27NO4. The largest absolute Gasteiger partial charge is 0.446 e. The van der Waals surface area contributed by atoms with Crippen LogP contribution in [0, 0.1) is 0 Å². The highest BCUT2D eigenvalue weighted by Gasteiger charge is 2.39. The van der Waals surface area contributed by atoms with Crippen LogP contribution in [0.5, 0.6) is 0 Å². The van der Waals surface area contributed by atoms with Gasteiger partial charge in [0.15, 0.2) is 0 Å². The van der Waals surface area contributed by atoms with Crippen molar-refractivity contribution in [3.63, 3.8) is 0 Å². The van der Waals surface area contributed by atoms with Crippen LogP contribution in [0.25, 0.3) is 0 Å². The number of carbonyl (C=O) groups is 2. The number of amides is 2. The van der Waals surface area contributed by atoms with E-state index in [2.05, 4.69) is 0 Å². The normalized spacial score (nSPS) is 16.6. The van der Waals surface area contributed by atoms with Gasteiger partial charge in [0, 0.05) is 13.0 Å². The van der Waals surface area contributed by atoms with Gasteiger partial charge in [0.2, 0.25) is 5.91 Å². The van der Waals surface area contributed by atoms with E-state index < -0.39 is 6.09 Å². The van der Waals surface area contributed by atoms with E-state index in [1.807, 2.05) is 91.0 Å². The number of carbonyl (C=O) groups excluding carboxylic acids is 2. The number of hydrogen-bond donors (Lipinski definition) is 0. The van der Waals surface area contributed by atoms with Crippen LogP contribution >= 0.6 is 0 Å². The smallest absolute Gasteiger partial charge is 0.417 e. The molecule has 2 amide bonds. The van der Waals surface area contributed by atoms with E-state index in [1.54, 1.807) is 0 Å². The van der Waals surface area contributed by atoms with Crippen molar-refractivity contribution in [1.29, 1.82) is 0 Å². The molecule has 0 saturated carbocycles. The first kappa shape index (κ1) is 21.8. The number of rotatable bonds is 9. The highest BCUT2D eigenvalue weighted by Crippen LogP contribution is 2.31. The molecule has 3 aromatic carbocycles. The first-order chi connectivity index (χ1) is 15.7. The van der Waals surface area contributed by atoms with Crippen LogP contribution in [-0.4, -0.2) is 30.1 Å². The quantitative estimate of drug-likeness (QED) is 0.422. The van der Waals surface area contributed by atoms with Gasteiger partial charge in [-0.3, -0.25) is 4.79 Å². The Morgan fingerprint density at radius 1 is 0.938 bits per heavy atom. The summed E-state index contributed by atoms with van der Waals surface area (Å²) in [5.74, 6) is -0.275. The molecule has 0 radical (unpaired) electrons. The summed E-state index contributed by atoms with van der Waals surface area (Å²) in [7, 11) is 0. The van der Waals surface area contributed by atoms with Gasteiger partial charge >= 0.3 is 6.09 Å². The van der Waals surface area contributed by atoms with Crippen molar-refractivity contribution in [3.8, 4) is 0 Å². The summed E-state index contributed by atoms with van der Waals surface area (Å²) in [6.07, 6.45) is 0.328. The predicted molar refractivity (Wildman–Crippen MR) is 122 cm³/mol. The summed E-state index contributed by atoms with van der Waals surface area (Å²) in [4.78, 5) is 26.9. The number of imide groups is 1. The lowest BCUT2D eigenvalue weighted by atomic mass is 9.92. The molecule has 5 heteroatoms. The Labute approximate surface area is 188 Å². The Balaban J connectivity index is 1.43. The van der Waals surface area contributed by atoms with Crippen molar-refractivity contribution in [2.24, 2.45) is 0 Å². The maximum atomic E-state index is 13.3. The summed E-state index contributed by atoms with van der Waals surface area (Å²) in [6, 6.07) is 29.1. The number of cyclic esters (lactones) is 1. The van der Waals surface area contributed by atoms with Crippen LogP contribution in [0.4, 0.5) is 4.79 Å². The molecule has 4 rings (SSSR count). The summed E-state index contributed by atoms with van der Waals surface area (Å²) in [6.45, 7) is 1.24. The standard InChI is InChI=1S/C27H27NO4/c29-26(28-25(20-32-27(28)30)23-14-8-3-9-15-23)18-24(22-12-6-2-7-13-22)16-17-31-19-21-10-4-1-5-11-21/h1-15,24-25H,16-20H2/t24-,25-/m1/s1. The van der Waals surface area contributed by atoms with Gasteiger partial charge in [0.05, 0.1) is 6.61 Å². The van der Waals surface area contributed by atoms with E-state index in [4.69, 9.17) is 9.47 Å². The second-order valence-corrected chi connectivity index (χ2v) is 7.91. The molecule has 1 aliphatic rings. The third kappa shape index (κ3) is 5.42. The van der Waals surface area contributed by atoms with Gasteiger partial charge in [-0.05, 0) is 29.0 Å². The van der Waals surface area contributed by atoms with E-state index in [1.165, 1.54) is 4.90 Å². The minimum absolute atomic E-state index is 0.0516. The molecular weight excluding hydrogens is 402 g/mol. The van der Waals surface area contributed by atoms with Gasteiger partial charge in [-0.25, -0.2) is 9.69 Å². The minimum atomic E-state index is -0.573. The van der Waals surface area contributed by atoms with Crippen LogP contribution < -0.4 is 0 Å². The van der Waals surface area contributed by atoms with E-state index in [-0.39, 0.29) is 30.9 Å². The molecule has 1 saturated heterocycles. The Kier molecular flexibility index (Phi) is 7.31. The number of benzene rings is 3. The lowest BCUT2D eigenvalue weighted by Crippen LogP contribution is -2.35. The number of ether oxygens (including phenoxy) is 2. The Morgan fingerprint density at radius 2 is 1.56 bits per heavy atom. The monoisotopic (exact) mass is 429 g/mol. The maximum absolute atomic E-state index is 13.3. The molecule has 0 N–H and O–H groups in total. The predicted octanol–water partition coefficient (Wildman–Crippen LogP) is 5.49. The molecule has 3 aromatic rings. The molecule has 0 unspecified atom stereocenters. The fourth-order valence-electron chi connectivity index (χ4n) is 4.03. The van der Waals surface area contributed by atoms with E-state index >= 15 is 0 Å². The van der Waals surface area contributed by atoms with Gasteiger partial charge < -0.3 is 9.47 Å². The van der Waals surface area contributed by atoms with Gasteiger partial charge in [-0.15, -0.1) is 0 Å². The second-order valence-electron chi connectivity index (χ2n) is 7.91. The average molecular weight is 430 g/mol. The van der Waals surface area contributed by atoms with Gasteiger partial charge in [0.25, 0.3) is 0 Å². The Bertz CT molecular complexity index is 1010. The summed E-state index contributed by atoms with van der Waals surface area (Å²) < 4.78 is 11.1. The van der Waals surface area contributed by atoms with E-state index in [9.17, 15) is 9.59 Å². The van der Waals surface area contributed by atoms with Crippen molar-refractivity contribution in [2.45, 2.75) is 31.4 Å². The van der Waals surface area contributed by atoms with E-state index in [0.717, 1.165) is 16.7 Å². The average Bonchev–Trinajstić information content (AvgIpc) is 3.24. The fourth-order valence-corrected chi connectivity index (χ4v) is 4.03. The molecule has 0 aromatic heterocycles. The molecule has 164 valence electrons. The van der Waals surface area contributed by atoms with Crippen molar-refractivity contribution in [1.82, 2.24) is 4.90 Å². The fraction of sp³-hybridized carbons (Fsp3) is 0.259. The molecule has 0 bridgehead atoms. The van der Waals surface area contributed by atoms with E-state index in [0.29, 0.717) is 19.6 Å². The highest BCUT2D eigenvalue weighted by atomic mass is 16.6. The molecule has 32 heavy (non-hydrogen) atoms. The Morgan fingerprint density at radius 3 is 2.25 bits per heavy atom. The lowest BCUT2D eigenvalue weighted by Gasteiger charge is -2.23. The van der Waals surface area contributed by atoms with Gasteiger partial charge in [-0.2, -0.15) is 0 Å². The first-order valence-corrected chi connectivity index (χ1v) is 10.9. The topological polar surface area (TPSA) is 55.8 Å². The maximum Gasteiger partial charge on any atom is 0.417 e. The van der Waals surface area contributed by atoms with Crippen LogP contribution in [-0.2, 0) is 20.9 Å². The zero-order chi connectivity index (χ0) is 22.2. The van der Waals surface area contributed by atoms with Crippen LogP contribution in [0.3, 0.4) is 0 Å². The zero-order valence-electron chi connectivity index (χ0n) is 17.9. The third-order valence-electron chi connectivity index (χ3n) is 5.74. The molecule has 5 nitrogen and oxygen atoms in total. The molecule has 0 aliphatic carbocycles. The van der Waals surface area contributed by atoms with Gasteiger partial charge in [-0.1, -0.05) is 91.0 Å². The van der Waals surface area contributed by atoms with Crippen molar-refractivity contribution in [3.05, 3.63) is 108 Å². The summed E-state index contributed by atoms with van der Waals surface area (Å²) in [5.41, 5.74) is 3.08. The minimum Gasteiger partial charge on any atom is -0.446 e. The van der Waals surface area contributed by atoms with Crippen LogP contribution in [0.1, 0.15) is 41.5 Å². The molecule has 0 spiro atoms. The molecule has 1 fully saturated rings. The second kappa shape index (κ2) is 10.7. The van der Waals surface area contributed by atoms with Crippen LogP contribution in [0.15, 0.2) is 91.0 Å². The molecule has 1 heterocycles. The highest BCUT2D eigenvalue weighted by molar-refractivity contribution is 5.94. The van der Waals surface area contributed by atoms with Crippen molar-refractivity contribution < 1.29 is 19.1 Å². The Hall–Kier alpha value is -3.44. The number of nitrogens with zero attached hydrogens (tertiary/aromatic N) is 1. The molecule has 1 aliphatic heterocycles. The van der Waals surface area contributed by atoms with Crippen molar-refractivity contribution in [2.75, 3.05) is 13.2 Å². The lowest BCUT2D eigenvalue weighted by molar-refractivity contribution is -0.129. The molecule has 2 atom stereocenters. The zero-order valence-corrected chi connectivity index (χ0v) is 17.9. The van der Waals surface area contributed by atoms with Gasteiger partial charge in [0.1, 0.15) is 12.6 Å². The SMILES string of the molecule is O=C(C[C@@H](CCOCc1ccccc1)c1ccccc1)N1C(=O)OC[C@@H]1c1ccccc1. The van der Waals surface area contributed by atoms with Crippen LogP contribution in [0.2, 0.25) is 0 Å². The van der Waals surface area contributed by atoms with Crippen molar-refractivity contribution >= 4 is 12.0 Å². The third-order valence-corrected chi connectivity index (χ3v) is 5.74. The first-order valence-electron chi connectivity index (χ1n) is 10.9.